The monoisotopic (exact) mass is 368 g/mol. The van der Waals surface area contributed by atoms with Crippen LogP contribution in [0.25, 0.3) is 0 Å². The Balaban J connectivity index is 2.02. The van der Waals surface area contributed by atoms with E-state index in [2.05, 4.69) is 12.1 Å². The molecule has 0 unspecified atom stereocenters. The summed E-state index contributed by atoms with van der Waals surface area (Å²) >= 11 is 0. The lowest BCUT2D eigenvalue weighted by Crippen LogP contribution is -2.35. The molecule has 0 amide bonds. The van der Waals surface area contributed by atoms with Crippen molar-refractivity contribution in [3.8, 4) is 5.75 Å². The van der Waals surface area contributed by atoms with Crippen molar-refractivity contribution >= 4 is 0 Å². The number of methoxy groups -OCH3 is 4. The Labute approximate surface area is 158 Å². The first-order valence-corrected chi connectivity index (χ1v) is 9.56. The van der Waals surface area contributed by atoms with E-state index in [1.807, 2.05) is 12.1 Å². The van der Waals surface area contributed by atoms with Crippen LogP contribution in [0, 0.1) is 0 Å². The molecule has 5 nitrogen and oxygen atoms in total. The van der Waals surface area contributed by atoms with Gasteiger partial charge in [0, 0.05) is 34.9 Å². The predicted molar refractivity (Wildman–Crippen MR) is 103 cm³/mol. The molecular weight excluding hydrogens is 332 g/mol. The van der Waals surface area contributed by atoms with Gasteiger partial charge < -0.3 is 23.7 Å². The van der Waals surface area contributed by atoms with E-state index in [4.69, 9.17) is 23.7 Å². The first-order chi connectivity index (χ1) is 12.7. The number of hydrogen-bond donors (Lipinski definition) is 0. The molecule has 0 bridgehead atoms. The second-order valence-electron chi connectivity index (χ2n) is 6.47. The van der Waals surface area contributed by atoms with Crippen LogP contribution in [-0.2, 0) is 25.4 Å². The fourth-order valence-electron chi connectivity index (χ4n) is 2.99. The lowest BCUT2D eigenvalue weighted by atomic mass is 10.0. The molecule has 0 saturated heterocycles. The number of rotatable bonds is 16. The van der Waals surface area contributed by atoms with Gasteiger partial charge in [0.2, 0.25) is 0 Å². The van der Waals surface area contributed by atoms with Crippen LogP contribution < -0.4 is 4.74 Å². The van der Waals surface area contributed by atoms with E-state index in [1.165, 1.54) is 44.1 Å². The second kappa shape index (κ2) is 14.0. The lowest BCUT2D eigenvalue weighted by Gasteiger charge is -2.28. The van der Waals surface area contributed by atoms with Crippen molar-refractivity contribution in [2.24, 2.45) is 0 Å². The van der Waals surface area contributed by atoms with E-state index in [9.17, 15) is 0 Å². The topological polar surface area (TPSA) is 46.2 Å². The number of unbranched alkanes of at least 4 members (excludes halogenated alkanes) is 6. The van der Waals surface area contributed by atoms with Crippen LogP contribution in [-0.4, -0.2) is 41.2 Å². The van der Waals surface area contributed by atoms with Crippen LogP contribution in [0.1, 0.15) is 56.9 Å². The van der Waals surface area contributed by atoms with E-state index >= 15 is 0 Å². The number of hydrogen-bond acceptors (Lipinski definition) is 5. The number of ether oxygens (including phenoxy) is 5. The third-order valence-corrected chi connectivity index (χ3v) is 4.65. The smallest absolute Gasteiger partial charge is 0.282 e. The molecule has 5 heteroatoms. The highest BCUT2D eigenvalue weighted by atomic mass is 16.9. The van der Waals surface area contributed by atoms with Gasteiger partial charge in [-0.1, -0.05) is 44.2 Å². The Bertz CT molecular complexity index is 434. The molecule has 0 aliphatic carbocycles. The maximum absolute atomic E-state index is 5.40. The van der Waals surface area contributed by atoms with Crippen molar-refractivity contribution < 1.29 is 23.7 Å². The second-order valence-corrected chi connectivity index (χ2v) is 6.47. The summed E-state index contributed by atoms with van der Waals surface area (Å²) in [7, 11) is 6.48. The molecule has 0 aliphatic rings. The summed E-state index contributed by atoms with van der Waals surface area (Å²) in [6.45, 7) is 0.294. The molecule has 0 aliphatic heterocycles. The summed E-state index contributed by atoms with van der Waals surface area (Å²) < 4.78 is 26.2. The Morgan fingerprint density at radius 1 is 0.692 bits per heavy atom. The highest BCUT2D eigenvalue weighted by Crippen LogP contribution is 2.21. The van der Waals surface area contributed by atoms with E-state index in [0.29, 0.717) is 6.79 Å². The fourth-order valence-corrected chi connectivity index (χ4v) is 2.99. The first-order valence-electron chi connectivity index (χ1n) is 9.56. The standard InChI is InChI=1S/C21H36O5/c1-22-18-26-20-15-13-19(14-16-20)12-10-8-6-5-7-9-11-17-21(23-2,24-3)25-4/h13-16H,5-12,17-18H2,1-4H3. The van der Waals surface area contributed by atoms with Crippen LogP contribution in [0.3, 0.4) is 0 Å². The molecule has 0 saturated carbocycles. The van der Waals surface area contributed by atoms with Crippen LogP contribution >= 0.6 is 0 Å². The van der Waals surface area contributed by atoms with Gasteiger partial charge in [-0.25, -0.2) is 0 Å². The minimum atomic E-state index is -0.871. The van der Waals surface area contributed by atoms with Gasteiger partial charge in [0.05, 0.1) is 0 Å². The summed E-state index contributed by atoms with van der Waals surface area (Å²) in [6.07, 6.45) is 10.5. The SMILES string of the molecule is COCOc1ccc(CCCCCCCCCC(OC)(OC)OC)cc1. The largest absolute Gasteiger partial charge is 0.468 e. The third-order valence-electron chi connectivity index (χ3n) is 4.65. The minimum Gasteiger partial charge on any atom is -0.468 e. The van der Waals surface area contributed by atoms with Crippen molar-refractivity contribution in [1.82, 2.24) is 0 Å². The van der Waals surface area contributed by atoms with Gasteiger partial charge in [0.25, 0.3) is 5.97 Å². The summed E-state index contributed by atoms with van der Waals surface area (Å²) in [6, 6.07) is 8.29. The van der Waals surface area contributed by atoms with Crippen LogP contribution in [0.15, 0.2) is 24.3 Å². The summed E-state index contributed by atoms with van der Waals surface area (Å²) in [5.74, 6) is -0.0144. The summed E-state index contributed by atoms with van der Waals surface area (Å²) in [5.41, 5.74) is 1.37. The Kier molecular flexibility index (Phi) is 12.3. The zero-order valence-corrected chi connectivity index (χ0v) is 16.9. The van der Waals surface area contributed by atoms with Gasteiger partial charge >= 0.3 is 0 Å². The molecule has 0 N–H and O–H groups in total. The average molecular weight is 369 g/mol. The maximum atomic E-state index is 5.40. The molecule has 0 aromatic heterocycles. The van der Waals surface area contributed by atoms with Crippen molar-refractivity contribution in [2.75, 3.05) is 35.2 Å². The molecule has 1 aromatic rings. The number of aryl methyl sites for hydroxylation is 1. The Morgan fingerprint density at radius 3 is 1.77 bits per heavy atom. The zero-order chi connectivity index (χ0) is 19.1. The van der Waals surface area contributed by atoms with E-state index in [1.54, 1.807) is 28.4 Å². The van der Waals surface area contributed by atoms with Crippen LogP contribution in [0.2, 0.25) is 0 Å². The summed E-state index contributed by atoms with van der Waals surface area (Å²) in [5, 5.41) is 0. The van der Waals surface area contributed by atoms with Crippen LogP contribution in [0.4, 0.5) is 0 Å². The van der Waals surface area contributed by atoms with Crippen molar-refractivity contribution in [3.63, 3.8) is 0 Å². The third kappa shape index (κ3) is 8.99. The molecule has 0 fully saturated rings. The zero-order valence-electron chi connectivity index (χ0n) is 16.9. The van der Waals surface area contributed by atoms with E-state index in [-0.39, 0.29) is 0 Å². The van der Waals surface area contributed by atoms with Crippen LogP contribution in [0.5, 0.6) is 5.75 Å². The highest BCUT2D eigenvalue weighted by Gasteiger charge is 2.28. The van der Waals surface area contributed by atoms with Crippen molar-refractivity contribution in [3.05, 3.63) is 29.8 Å². The van der Waals surface area contributed by atoms with Gasteiger partial charge in [-0.05, 0) is 37.0 Å². The maximum Gasteiger partial charge on any atom is 0.282 e. The highest BCUT2D eigenvalue weighted by molar-refractivity contribution is 5.27. The predicted octanol–water partition coefficient (Wildman–Crippen LogP) is 4.93. The van der Waals surface area contributed by atoms with Gasteiger partial charge in [-0.3, -0.25) is 0 Å². The van der Waals surface area contributed by atoms with E-state index < -0.39 is 5.97 Å². The fraction of sp³-hybridized carbons (Fsp3) is 0.714. The quantitative estimate of drug-likeness (QED) is 0.306. The first kappa shape index (κ1) is 22.9. The molecule has 0 radical (unpaired) electrons. The molecular formula is C21H36O5. The molecule has 1 aromatic carbocycles. The van der Waals surface area contributed by atoms with Crippen molar-refractivity contribution in [2.45, 2.75) is 63.8 Å². The molecule has 150 valence electrons. The van der Waals surface area contributed by atoms with Gasteiger partial charge in [0.15, 0.2) is 6.79 Å². The van der Waals surface area contributed by atoms with Gasteiger partial charge in [-0.15, -0.1) is 0 Å². The average Bonchev–Trinajstić information content (AvgIpc) is 2.69. The molecule has 0 heterocycles. The Morgan fingerprint density at radius 2 is 1.23 bits per heavy atom. The molecule has 26 heavy (non-hydrogen) atoms. The lowest BCUT2D eigenvalue weighted by molar-refractivity contribution is -0.355. The van der Waals surface area contributed by atoms with Gasteiger partial charge in [-0.2, -0.15) is 0 Å². The molecule has 0 atom stereocenters. The minimum absolute atomic E-state index is 0.294. The van der Waals surface area contributed by atoms with Crippen molar-refractivity contribution in [1.29, 1.82) is 0 Å². The molecule has 1 rings (SSSR count). The summed E-state index contributed by atoms with van der Waals surface area (Å²) in [4.78, 5) is 0. The molecule has 0 spiro atoms. The normalized spacial score (nSPS) is 11.7. The number of benzene rings is 1. The van der Waals surface area contributed by atoms with Gasteiger partial charge in [0.1, 0.15) is 5.75 Å². The van der Waals surface area contributed by atoms with E-state index in [0.717, 1.165) is 25.0 Å². The Hall–Kier alpha value is -1.14.